The van der Waals surface area contributed by atoms with Crippen molar-refractivity contribution in [3.8, 4) is 0 Å². The number of halogens is 2. The van der Waals surface area contributed by atoms with Gasteiger partial charge >= 0.3 is 0 Å². The van der Waals surface area contributed by atoms with Crippen molar-refractivity contribution in [2.24, 2.45) is 0 Å². The van der Waals surface area contributed by atoms with Gasteiger partial charge in [-0.3, -0.25) is 0 Å². The minimum Gasteiger partial charge on any atom is -0.310 e. The lowest BCUT2D eigenvalue weighted by Gasteiger charge is -2.19. The highest BCUT2D eigenvalue weighted by Crippen LogP contribution is 2.25. The standard InChI is InChI=1S/C15H17F2NS/c1-3-18-15(8-11-5-4-6-19-11)12-7-10(2)13(16)9-14(12)17/h4-7,9,15,18H,3,8H2,1-2H3. The fourth-order valence-corrected chi connectivity index (χ4v) is 2.87. The second-order valence-corrected chi connectivity index (χ2v) is 5.55. The Morgan fingerprint density at radius 3 is 2.68 bits per heavy atom. The van der Waals surface area contributed by atoms with Crippen LogP contribution in [0.3, 0.4) is 0 Å². The van der Waals surface area contributed by atoms with Crippen molar-refractivity contribution < 1.29 is 8.78 Å². The van der Waals surface area contributed by atoms with Crippen molar-refractivity contribution >= 4 is 11.3 Å². The van der Waals surface area contributed by atoms with Gasteiger partial charge < -0.3 is 5.32 Å². The van der Waals surface area contributed by atoms with Gasteiger partial charge in [0.2, 0.25) is 0 Å². The first-order valence-electron chi connectivity index (χ1n) is 6.33. The second kappa shape index (κ2) is 6.26. The molecule has 2 aromatic rings. The Morgan fingerprint density at radius 2 is 2.05 bits per heavy atom. The molecule has 0 saturated heterocycles. The zero-order valence-electron chi connectivity index (χ0n) is 11.0. The van der Waals surface area contributed by atoms with E-state index in [4.69, 9.17) is 0 Å². The molecule has 1 nitrogen and oxygen atoms in total. The fraction of sp³-hybridized carbons (Fsp3) is 0.333. The largest absolute Gasteiger partial charge is 0.310 e. The predicted octanol–water partition coefficient (Wildman–Crippen LogP) is 4.23. The van der Waals surface area contributed by atoms with Crippen LogP contribution >= 0.6 is 11.3 Å². The highest BCUT2D eigenvalue weighted by Gasteiger charge is 2.17. The monoisotopic (exact) mass is 281 g/mol. The Kier molecular flexibility index (Phi) is 4.66. The Labute approximate surface area is 116 Å². The lowest BCUT2D eigenvalue weighted by atomic mass is 10.00. The molecule has 1 aromatic heterocycles. The quantitative estimate of drug-likeness (QED) is 0.865. The summed E-state index contributed by atoms with van der Waals surface area (Å²) in [6, 6.07) is 6.47. The maximum absolute atomic E-state index is 14.0. The lowest BCUT2D eigenvalue weighted by molar-refractivity contribution is 0.502. The summed E-state index contributed by atoms with van der Waals surface area (Å²) in [6.07, 6.45) is 0.716. The van der Waals surface area contributed by atoms with Gasteiger partial charge in [-0.1, -0.05) is 13.0 Å². The van der Waals surface area contributed by atoms with E-state index in [2.05, 4.69) is 5.32 Å². The van der Waals surface area contributed by atoms with Gasteiger partial charge in [0.25, 0.3) is 0 Å². The van der Waals surface area contributed by atoms with E-state index in [0.717, 1.165) is 12.6 Å². The molecule has 0 aliphatic rings. The van der Waals surface area contributed by atoms with Crippen LogP contribution in [0.4, 0.5) is 8.78 Å². The number of nitrogens with one attached hydrogen (secondary N) is 1. The summed E-state index contributed by atoms with van der Waals surface area (Å²) in [4.78, 5) is 1.19. The van der Waals surface area contributed by atoms with Crippen molar-refractivity contribution in [1.82, 2.24) is 5.32 Å². The lowest BCUT2D eigenvalue weighted by Crippen LogP contribution is -2.24. The summed E-state index contributed by atoms with van der Waals surface area (Å²) in [5.74, 6) is -0.974. The first-order valence-corrected chi connectivity index (χ1v) is 7.21. The number of benzene rings is 1. The number of aryl methyl sites for hydroxylation is 1. The van der Waals surface area contributed by atoms with E-state index in [1.54, 1.807) is 24.3 Å². The molecule has 0 radical (unpaired) electrons. The van der Waals surface area contributed by atoms with Gasteiger partial charge in [-0.25, -0.2) is 8.78 Å². The molecule has 0 bridgehead atoms. The van der Waals surface area contributed by atoms with Gasteiger partial charge in [0.1, 0.15) is 11.6 Å². The molecule has 2 rings (SSSR count). The summed E-state index contributed by atoms with van der Waals surface area (Å²) >= 11 is 1.65. The summed E-state index contributed by atoms with van der Waals surface area (Å²) in [5, 5.41) is 5.27. The third kappa shape index (κ3) is 3.39. The van der Waals surface area contributed by atoms with Crippen LogP contribution in [0.5, 0.6) is 0 Å². The van der Waals surface area contributed by atoms with Gasteiger partial charge in [-0.15, -0.1) is 11.3 Å². The second-order valence-electron chi connectivity index (χ2n) is 4.52. The van der Waals surface area contributed by atoms with Gasteiger partial charge in [-0.05, 0) is 36.5 Å². The average molecular weight is 281 g/mol. The van der Waals surface area contributed by atoms with Gasteiger partial charge in [-0.2, -0.15) is 0 Å². The molecule has 1 aromatic carbocycles. The van der Waals surface area contributed by atoms with E-state index < -0.39 is 11.6 Å². The predicted molar refractivity (Wildman–Crippen MR) is 75.5 cm³/mol. The van der Waals surface area contributed by atoms with Crippen LogP contribution in [0.15, 0.2) is 29.6 Å². The van der Waals surface area contributed by atoms with Crippen LogP contribution < -0.4 is 5.32 Å². The molecule has 1 unspecified atom stereocenters. The van der Waals surface area contributed by atoms with Crippen LogP contribution in [0.25, 0.3) is 0 Å². The van der Waals surface area contributed by atoms with Crippen LogP contribution in [0.1, 0.15) is 29.0 Å². The van der Waals surface area contributed by atoms with Crippen molar-refractivity contribution in [2.75, 3.05) is 6.54 Å². The zero-order chi connectivity index (χ0) is 13.8. The molecule has 0 fully saturated rings. The van der Waals surface area contributed by atoms with Crippen molar-refractivity contribution in [2.45, 2.75) is 26.3 Å². The van der Waals surface area contributed by atoms with E-state index in [9.17, 15) is 8.78 Å². The third-order valence-electron chi connectivity index (χ3n) is 3.09. The van der Waals surface area contributed by atoms with Gasteiger partial charge in [0.05, 0.1) is 0 Å². The molecular formula is C15H17F2NS. The molecule has 0 amide bonds. The topological polar surface area (TPSA) is 12.0 Å². The maximum Gasteiger partial charge on any atom is 0.130 e. The molecule has 0 aliphatic carbocycles. The summed E-state index contributed by atoms with van der Waals surface area (Å²) in [7, 11) is 0. The molecule has 1 N–H and O–H groups in total. The highest BCUT2D eigenvalue weighted by atomic mass is 32.1. The minimum absolute atomic E-state index is 0.122. The third-order valence-corrected chi connectivity index (χ3v) is 3.99. The summed E-state index contributed by atoms with van der Waals surface area (Å²) in [6.45, 7) is 4.38. The molecular weight excluding hydrogens is 264 g/mol. The molecule has 102 valence electrons. The molecule has 19 heavy (non-hydrogen) atoms. The molecule has 0 saturated carbocycles. The zero-order valence-corrected chi connectivity index (χ0v) is 11.9. The van der Waals surface area contributed by atoms with E-state index in [1.165, 1.54) is 4.88 Å². The number of hydrogen-bond donors (Lipinski definition) is 1. The van der Waals surface area contributed by atoms with Crippen LogP contribution in [-0.4, -0.2) is 6.54 Å². The van der Waals surface area contributed by atoms with Gasteiger partial charge in [0, 0.05) is 29.0 Å². The van der Waals surface area contributed by atoms with E-state index >= 15 is 0 Å². The molecule has 1 atom stereocenters. The van der Waals surface area contributed by atoms with Crippen molar-refractivity contribution in [1.29, 1.82) is 0 Å². The number of likely N-dealkylation sites (N-methyl/N-ethyl adjacent to an activating group) is 1. The SMILES string of the molecule is CCNC(Cc1cccs1)c1cc(C)c(F)cc1F. The highest BCUT2D eigenvalue weighted by molar-refractivity contribution is 7.09. The first-order chi connectivity index (χ1) is 9.11. The first kappa shape index (κ1) is 14.2. The molecule has 0 spiro atoms. The number of rotatable bonds is 5. The smallest absolute Gasteiger partial charge is 0.130 e. The van der Waals surface area contributed by atoms with Crippen LogP contribution in [0, 0.1) is 18.6 Å². The Balaban J connectivity index is 2.30. The van der Waals surface area contributed by atoms with Crippen molar-refractivity contribution in [3.05, 3.63) is 57.3 Å². The van der Waals surface area contributed by atoms with E-state index in [-0.39, 0.29) is 6.04 Å². The van der Waals surface area contributed by atoms with Crippen molar-refractivity contribution in [3.63, 3.8) is 0 Å². The summed E-state index contributed by atoms with van der Waals surface area (Å²) < 4.78 is 27.3. The average Bonchev–Trinajstić information content (AvgIpc) is 2.86. The summed E-state index contributed by atoms with van der Waals surface area (Å²) in [5.41, 5.74) is 1.01. The molecule has 0 aliphatic heterocycles. The molecule has 4 heteroatoms. The van der Waals surface area contributed by atoms with Gasteiger partial charge in [0.15, 0.2) is 0 Å². The Hall–Kier alpha value is -1.26. The molecule has 1 heterocycles. The Bertz CT molecular complexity index is 537. The van der Waals surface area contributed by atoms with Crippen LogP contribution in [0.2, 0.25) is 0 Å². The van der Waals surface area contributed by atoms with E-state index in [1.807, 2.05) is 24.4 Å². The number of thiophene rings is 1. The fourth-order valence-electron chi connectivity index (χ4n) is 2.11. The van der Waals surface area contributed by atoms with E-state index in [0.29, 0.717) is 17.5 Å². The maximum atomic E-state index is 14.0. The Morgan fingerprint density at radius 1 is 1.26 bits per heavy atom. The van der Waals surface area contributed by atoms with Crippen LogP contribution in [-0.2, 0) is 6.42 Å². The normalized spacial score (nSPS) is 12.6. The number of hydrogen-bond acceptors (Lipinski definition) is 2. The minimum atomic E-state index is -0.493.